The molecular weight excluding hydrogens is 504 g/mol. The molecule has 5 aromatic carbocycles. The number of nitriles is 1. The van der Waals surface area contributed by atoms with Gasteiger partial charge in [0.1, 0.15) is 23.0 Å². The molecule has 2 unspecified atom stereocenters. The van der Waals surface area contributed by atoms with E-state index in [1.807, 2.05) is 24.3 Å². The summed E-state index contributed by atoms with van der Waals surface area (Å²) in [7, 11) is 0. The molecule has 0 saturated heterocycles. The van der Waals surface area contributed by atoms with Gasteiger partial charge < -0.3 is 13.7 Å². The minimum absolute atomic E-state index is 0.0315. The largest absolute Gasteiger partial charge is 0.484 e. The molecule has 0 saturated carbocycles. The van der Waals surface area contributed by atoms with Gasteiger partial charge in [-0.2, -0.15) is 5.26 Å². The Bertz CT molecular complexity index is 2330. The molecule has 9 rings (SSSR count). The lowest BCUT2D eigenvalue weighted by atomic mass is 9.90. The second-order valence-corrected chi connectivity index (χ2v) is 10.8. The lowest BCUT2D eigenvalue weighted by Gasteiger charge is -2.14. The summed E-state index contributed by atoms with van der Waals surface area (Å²) in [5.74, 6) is 1.18. The van der Waals surface area contributed by atoms with Crippen molar-refractivity contribution in [2.24, 2.45) is 0 Å². The van der Waals surface area contributed by atoms with E-state index in [-0.39, 0.29) is 12.0 Å². The van der Waals surface area contributed by atoms with E-state index < -0.39 is 0 Å². The first-order chi connectivity index (χ1) is 20.3. The van der Waals surface area contributed by atoms with Gasteiger partial charge in [-0.15, -0.1) is 0 Å². The van der Waals surface area contributed by atoms with Gasteiger partial charge in [0.2, 0.25) is 0 Å². The van der Waals surface area contributed by atoms with Gasteiger partial charge >= 0.3 is 0 Å². The molecule has 2 atom stereocenters. The normalized spacial score (nSPS) is 17.2. The maximum absolute atomic E-state index is 9.52. The minimum Gasteiger partial charge on any atom is -0.484 e. The van der Waals surface area contributed by atoms with Crippen molar-refractivity contribution in [1.29, 1.82) is 5.26 Å². The molecule has 0 N–H and O–H groups in total. The van der Waals surface area contributed by atoms with E-state index >= 15 is 0 Å². The van der Waals surface area contributed by atoms with Gasteiger partial charge in [0.05, 0.1) is 22.7 Å². The molecule has 3 heterocycles. The SMILES string of the molecule is N#Cc1ccc2c(c1)c1ccccc1n2-c1ccc2oc3c(-c4cccc5c4OC4C=CC=CC54)cccc3c2c1. The Balaban J connectivity index is 1.26. The van der Waals surface area contributed by atoms with Crippen LogP contribution in [0.3, 0.4) is 0 Å². The molecule has 2 aliphatic rings. The third-order valence-electron chi connectivity index (χ3n) is 8.57. The van der Waals surface area contributed by atoms with Crippen LogP contribution < -0.4 is 4.74 Å². The van der Waals surface area contributed by atoms with E-state index in [4.69, 9.17) is 9.15 Å². The van der Waals surface area contributed by atoms with Gasteiger partial charge in [-0.05, 0) is 48.5 Å². The molecule has 2 aromatic heterocycles. The lowest BCUT2D eigenvalue weighted by Crippen LogP contribution is -2.15. The number of rotatable bonds is 2. The van der Waals surface area contributed by atoms with Crippen LogP contribution in [0.25, 0.3) is 60.6 Å². The highest BCUT2D eigenvalue weighted by atomic mass is 16.5. The molecule has 4 nitrogen and oxygen atoms in total. The van der Waals surface area contributed by atoms with Crippen molar-refractivity contribution in [2.45, 2.75) is 12.0 Å². The zero-order valence-electron chi connectivity index (χ0n) is 21.9. The van der Waals surface area contributed by atoms with Crippen LogP contribution in [0.5, 0.6) is 5.75 Å². The van der Waals surface area contributed by atoms with Gasteiger partial charge in [0.15, 0.2) is 0 Å². The highest BCUT2D eigenvalue weighted by molar-refractivity contribution is 6.12. The maximum Gasteiger partial charge on any atom is 0.143 e. The van der Waals surface area contributed by atoms with Gasteiger partial charge in [-0.3, -0.25) is 0 Å². The fourth-order valence-corrected chi connectivity index (χ4v) is 6.74. The minimum atomic E-state index is 0.0315. The Labute approximate surface area is 235 Å². The number of allylic oxidation sites excluding steroid dienone is 2. The van der Waals surface area contributed by atoms with Crippen molar-refractivity contribution in [3.05, 3.63) is 132 Å². The predicted molar refractivity (Wildman–Crippen MR) is 164 cm³/mol. The fourth-order valence-electron chi connectivity index (χ4n) is 6.74. The summed E-state index contributed by atoms with van der Waals surface area (Å²) >= 11 is 0. The summed E-state index contributed by atoms with van der Waals surface area (Å²) < 4.78 is 15.3. The predicted octanol–water partition coefficient (Wildman–Crippen LogP) is 9.19. The number of benzene rings is 5. The van der Waals surface area contributed by atoms with Crippen molar-refractivity contribution in [3.8, 4) is 28.6 Å². The Morgan fingerprint density at radius 3 is 2.46 bits per heavy atom. The highest BCUT2D eigenvalue weighted by Crippen LogP contribution is 2.48. The van der Waals surface area contributed by atoms with E-state index in [9.17, 15) is 5.26 Å². The van der Waals surface area contributed by atoms with Crippen LogP contribution in [-0.2, 0) is 0 Å². The van der Waals surface area contributed by atoms with Gasteiger partial charge in [0, 0.05) is 49.8 Å². The molecule has 0 amide bonds. The first-order valence-electron chi connectivity index (χ1n) is 13.8. The second-order valence-electron chi connectivity index (χ2n) is 10.8. The van der Waals surface area contributed by atoms with Crippen LogP contribution in [-0.4, -0.2) is 10.7 Å². The van der Waals surface area contributed by atoms with E-state index in [0.29, 0.717) is 5.56 Å². The number of ether oxygens (including phenoxy) is 1. The van der Waals surface area contributed by atoms with Crippen LogP contribution in [0.4, 0.5) is 0 Å². The molecule has 192 valence electrons. The van der Waals surface area contributed by atoms with Crippen molar-refractivity contribution in [2.75, 3.05) is 0 Å². The molecule has 1 aliphatic heterocycles. The van der Waals surface area contributed by atoms with Crippen LogP contribution in [0, 0.1) is 11.3 Å². The number of hydrogen-bond donors (Lipinski definition) is 0. The number of nitrogens with zero attached hydrogens (tertiary/aromatic N) is 2. The van der Waals surface area contributed by atoms with Crippen LogP contribution in [0.15, 0.2) is 126 Å². The monoisotopic (exact) mass is 526 g/mol. The first kappa shape index (κ1) is 22.3. The van der Waals surface area contributed by atoms with Crippen LogP contribution in [0.2, 0.25) is 0 Å². The van der Waals surface area contributed by atoms with E-state index in [1.165, 1.54) is 5.56 Å². The third-order valence-corrected chi connectivity index (χ3v) is 8.57. The molecule has 41 heavy (non-hydrogen) atoms. The van der Waals surface area contributed by atoms with Crippen molar-refractivity contribution in [1.82, 2.24) is 4.57 Å². The van der Waals surface area contributed by atoms with Crippen molar-refractivity contribution >= 4 is 43.7 Å². The van der Waals surface area contributed by atoms with Crippen LogP contribution >= 0.6 is 0 Å². The molecule has 0 bridgehead atoms. The summed E-state index contributed by atoms with van der Waals surface area (Å²) in [6, 6.07) is 35.7. The maximum atomic E-state index is 9.52. The molecule has 1 aliphatic carbocycles. The summed E-state index contributed by atoms with van der Waals surface area (Å²) in [6.45, 7) is 0. The fraction of sp³-hybridized carbons (Fsp3) is 0.0541. The number of para-hydroxylation sites is 3. The van der Waals surface area contributed by atoms with E-state index in [0.717, 1.165) is 66.3 Å². The Morgan fingerprint density at radius 2 is 1.51 bits per heavy atom. The summed E-state index contributed by atoms with van der Waals surface area (Å²) in [5, 5.41) is 13.8. The van der Waals surface area contributed by atoms with Crippen LogP contribution in [0.1, 0.15) is 17.0 Å². The topological polar surface area (TPSA) is 51.1 Å². The molecule has 0 radical (unpaired) electrons. The summed E-state index contributed by atoms with van der Waals surface area (Å²) in [4.78, 5) is 0. The van der Waals surface area contributed by atoms with Crippen molar-refractivity contribution in [3.63, 3.8) is 0 Å². The van der Waals surface area contributed by atoms with E-state index in [1.54, 1.807) is 0 Å². The zero-order chi connectivity index (χ0) is 27.1. The van der Waals surface area contributed by atoms with Crippen molar-refractivity contribution < 1.29 is 9.15 Å². The highest BCUT2D eigenvalue weighted by Gasteiger charge is 2.34. The Hall–Kier alpha value is -5.53. The third kappa shape index (κ3) is 3.09. The average molecular weight is 527 g/mol. The van der Waals surface area contributed by atoms with Gasteiger partial charge in [0.25, 0.3) is 0 Å². The Morgan fingerprint density at radius 1 is 0.683 bits per heavy atom. The number of aromatic nitrogens is 1. The summed E-state index contributed by atoms with van der Waals surface area (Å²) in [5.41, 5.74) is 8.89. The smallest absolute Gasteiger partial charge is 0.143 e. The number of fused-ring (bicyclic) bond motifs is 9. The quantitative estimate of drug-likeness (QED) is 0.226. The molecule has 7 aromatic rings. The second kappa shape index (κ2) is 8.24. The lowest BCUT2D eigenvalue weighted by molar-refractivity contribution is 0.270. The van der Waals surface area contributed by atoms with E-state index in [2.05, 4.69) is 108 Å². The average Bonchev–Trinajstić information content (AvgIpc) is 3.70. The molecular formula is C37H22N2O2. The summed E-state index contributed by atoms with van der Waals surface area (Å²) in [6.07, 6.45) is 8.55. The molecule has 4 heteroatoms. The molecule has 0 spiro atoms. The zero-order valence-corrected chi connectivity index (χ0v) is 21.9. The standard InChI is InChI=1S/C37H22N2O2/c38-21-22-15-17-33-30(19-22)24-7-1-3-13-32(24)39(33)23-16-18-35-31(20-23)29-12-6-11-28(37(29)41-35)27-10-5-9-26-25-8-2-4-14-34(25)40-36(26)27/h1-20,25,34H. The number of furan rings is 1. The Kier molecular flexibility index (Phi) is 4.48. The van der Waals surface area contributed by atoms with Gasteiger partial charge in [-0.1, -0.05) is 72.8 Å². The number of hydrogen-bond acceptors (Lipinski definition) is 3. The first-order valence-corrected chi connectivity index (χ1v) is 13.8. The van der Waals surface area contributed by atoms with Gasteiger partial charge in [-0.25, -0.2) is 0 Å². The molecule has 0 fully saturated rings.